The van der Waals surface area contributed by atoms with Crippen LogP contribution in [0.2, 0.25) is 15.1 Å². The van der Waals surface area contributed by atoms with Crippen molar-refractivity contribution in [1.29, 1.82) is 0 Å². The SMILES string of the molecule is C/C(=N\Nc1ncc(Cl)cc1Cl)c1ccc(Cl)c([N+](=O)[O-])c1. The molecule has 0 amide bonds. The van der Waals surface area contributed by atoms with Gasteiger partial charge < -0.3 is 0 Å². The van der Waals surface area contributed by atoms with E-state index in [4.69, 9.17) is 34.8 Å². The van der Waals surface area contributed by atoms with Crippen LogP contribution in [-0.4, -0.2) is 15.6 Å². The highest BCUT2D eigenvalue weighted by Crippen LogP contribution is 2.26. The number of nitrogens with zero attached hydrogens (tertiary/aromatic N) is 3. The van der Waals surface area contributed by atoms with Gasteiger partial charge in [0.15, 0.2) is 5.82 Å². The molecule has 0 radical (unpaired) electrons. The van der Waals surface area contributed by atoms with Crippen molar-refractivity contribution in [3.05, 3.63) is 61.2 Å². The zero-order chi connectivity index (χ0) is 16.3. The summed E-state index contributed by atoms with van der Waals surface area (Å²) in [7, 11) is 0. The van der Waals surface area contributed by atoms with Gasteiger partial charge in [-0.05, 0) is 19.1 Å². The molecular formula is C13H9Cl3N4O2. The fourth-order valence-corrected chi connectivity index (χ4v) is 2.18. The summed E-state index contributed by atoms with van der Waals surface area (Å²) < 4.78 is 0. The van der Waals surface area contributed by atoms with Gasteiger partial charge in [0.05, 0.1) is 20.7 Å². The highest BCUT2D eigenvalue weighted by Gasteiger charge is 2.13. The van der Waals surface area contributed by atoms with Crippen molar-refractivity contribution in [3.8, 4) is 0 Å². The molecule has 0 aliphatic carbocycles. The molecule has 1 aromatic heterocycles. The summed E-state index contributed by atoms with van der Waals surface area (Å²) in [5.41, 5.74) is 3.56. The number of nitrogens with one attached hydrogen (secondary N) is 1. The molecule has 0 fully saturated rings. The Labute approximate surface area is 140 Å². The van der Waals surface area contributed by atoms with Gasteiger partial charge in [-0.3, -0.25) is 15.5 Å². The average Bonchev–Trinajstić information content (AvgIpc) is 2.46. The van der Waals surface area contributed by atoms with Crippen molar-refractivity contribution in [2.45, 2.75) is 6.92 Å². The minimum absolute atomic E-state index is 0.0666. The van der Waals surface area contributed by atoms with Crippen LogP contribution in [0, 0.1) is 10.1 Å². The molecule has 22 heavy (non-hydrogen) atoms. The highest BCUT2D eigenvalue weighted by molar-refractivity contribution is 6.36. The van der Waals surface area contributed by atoms with Gasteiger partial charge in [0.1, 0.15) is 5.02 Å². The fraction of sp³-hybridized carbons (Fsp3) is 0.0769. The predicted molar refractivity (Wildman–Crippen MR) is 88.2 cm³/mol. The van der Waals surface area contributed by atoms with Crippen LogP contribution in [0.3, 0.4) is 0 Å². The Morgan fingerprint density at radius 3 is 2.64 bits per heavy atom. The molecule has 1 N–H and O–H groups in total. The molecule has 0 saturated heterocycles. The number of hydrazone groups is 1. The second-order valence-corrected chi connectivity index (χ2v) is 5.47. The minimum Gasteiger partial charge on any atom is -0.260 e. The molecule has 1 heterocycles. The molecule has 2 rings (SSSR count). The van der Waals surface area contributed by atoms with E-state index in [1.165, 1.54) is 24.4 Å². The summed E-state index contributed by atoms with van der Waals surface area (Å²) in [6.07, 6.45) is 1.42. The van der Waals surface area contributed by atoms with Gasteiger partial charge in [-0.2, -0.15) is 5.10 Å². The molecular weight excluding hydrogens is 351 g/mol. The van der Waals surface area contributed by atoms with Crippen LogP contribution in [0.1, 0.15) is 12.5 Å². The maximum atomic E-state index is 10.9. The van der Waals surface area contributed by atoms with Crippen LogP contribution in [-0.2, 0) is 0 Å². The molecule has 0 saturated carbocycles. The van der Waals surface area contributed by atoms with E-state index < -0.39 is 4.92 Å². The van der Waals surface area contributed by atoms with Crippen molar-refractivity contribution < 1.29 is 4.92 Å². The number of aromatic nitrogens is 1. The van der Waals surface area contributed by atoms with E-state index in [2.05, 4.69) is 15.5 Å². The quantitative estimate of drug-likeness (QED) is 0.483. The van der Waals surface area contributed by atoms with Gasteiger partial charge in [-0.1, -0.05) is 40.9 Å². The maximum Gasteiger partial charge on any atom is 0.288 e. The molecule has 0 aliphatic rings. The summed E-state index contributed by atoms with van der Waals surface area (Å²) >= 11 is 17.5. The van der Waals surface area contributed by atoms with Gasteiger partial charge in [0, 0.05) is 17.8 Å². The Bertz CT molecular complexity index is 765. The largest absolute Gasteiger partial charge is 0.288 e. The second kappa shape index (κ2) is 6.91. The topological polar surface area (TPSA) is 80.4 Å². The highest BCUT2D eigenvalue weighted by atomic mass is 35.5. The third-order valence-electron chi connectivity index (χ3n) is 2.70. The molecule has 0 aliphatic heterocycles. The van der Waals surface area contributed by atoms with Gasteiger partial charge in [-0.15, -0.1) is 0 Å². The zero-order valence-electron chi connectivity index (χ0n) is 11.2. The number of nitro benzene ring substituents is 1. The number of rotatable bonds is 4. The van der Waals surface area contributed by atoms with Gasteiger partial charge in [-0.25, -0.2) is 4.98 Å². The molecule has 114 valence electrons. The lowest BCUT2D eigenvalue weighted by Gasteiger charge is -2.05. The first-order valence-electron chi connectivity index (χ1n) is 5.94. The van der Waals surface area contributed by atoms with Crippen molar-refractivity contribution in [2.75, 3.05) is 5.43 Å². The van der Waals surface area contributed by atoms with E-state index in [-0.39, 0.29) is 10.7 Å². The molecule has 0 atom stereocenters. The number of hydrogen-bond donors (Lipinski definition) is 1. The Kier molecular flexibility index (Phi) is 5.18. The Morgan fingerprint density at radius 1 is 1.27 bits per heavy atom. The third kappa shape index (κ3) is 3.85. The van der Waals surface area contributed by atoms with Gasteiger partial charge in [0.25, 0.3) is 5.69 Å². The van der Waals surface area contributed by atoms with Crippen LogP contribution in [0.15, 0.2) is 35.6 Å². The Hall–Kier alpha value is -1.89. The van der Waals surface area contributed by atoms with Crippen molar-refractivity contribution >= 4 is 52.0 Å². The van der Waals surface area contributed by atoms with Gasteiger partial charge in [0.2, 0.25) is 0 Å². The Balaban J connectivity index is 2.25. The zero-order valence-corrected chi connectivity index (χ0v) is 13.4. The number of hydrogen-bond acceptors (Lipinski definition) is 5. The third-order valence-corrected chi connectivity index (χ3v) is 3.51. The normalized spacial score (nSPS) is 11.4. The summed E-state index contributed by atoms with van der Waals surface area (Å²) in [5.74, 6) is 0.328. The van der Waals surface area contributed by atoms with Crippen LogP contribution in [0.5, 0.6) is 0 Å². The van der Waals surface area contributed by atoms with E-state index in [0.717, 1.165) is 0 Å². The fourth-order valence-electron chi connectivity index (χ4n) is 1.58. The van der Waals surface area contributed by atoms with Crippen LogP contribution < -0.4 is 5.43 Å². The molecule has 9 heteroatoms. The summed E-state index contributed by atoms with van der Waals surface area (Å²) in [4.78, 5) is 14.3. The number of halogens is 3. The van der Waals surface area contributed by atoms with Crippen LogP contribution >= 0.6 is 34.8 Å². The lowest BCUT2D eigenvalue weighted by Crippen LogP contribution is -2.02. The first-order valence-corrected chi connectivity index (χ1v) is 7.07. The monoisotopic (exact) mass is 358 g/mol. The average molecular weight is 360 g/mol. The van der Waals surface area contributed by atoms with Crippen molar-refractivity contribution in [3.63, 3.8) is 0 Å². The summed E-state index contributed by atoms with van der Waals surface area (Å²) in [5, 5.41) is 15.8. The van der Waals surface area contributed by atoms with E-state index >= 15 is 0 Å². The van der Waals surface area contributed by atoms with Crippen LogP contribution in [0.4, 0.5) is 11.5 Å². The molecule has 6 nitrogen and oxygen atoms in total. The molecule has 0 spiro atoms. The maximum absolute atomic E-state index is 10.9. The van der Waals surface area contributed by atoms with E-state index in [1.54, 1.807) is 13.0 Å². The summed E-state index contributed by atoms with van der Waals surface area (Å²) in [6.45, 7) is 1.68. The van der Waals surface area contributed by atoms with E-state index in [1.807, 2.05) is 0 Å². The molecule has 0 unspecified atom stereocenters. The number of nitro groups is 1. The van der Waals surface area contributed by atoms with E-state index in [0.29, 0.717) is 27.1 Å². The molecule has 2 aromatic rings. The predicted octanol–water partition coefficient (Wildman–Crippen LogP) is 4.79. The summed E-state index contributed by atoms with van der Waals surface area (Å²) in [6, 6.07) is 5.95. The van der Waals surface area contributed by atoms with E-state index in [9.17, 15) is 10.1 Å². The lowest BCUT2D eigenvalue weighted by atomic mass is 10.1. The first kappa shape index (κ1) is 16.5. The minimum atomic E-state index is -0.551. The number of pyridine rings is 1. The number of anilines is 1. The number of benzene rings is 1. The lowest BCUT2D eigenvalue weighted by molar-refractivity contribution is -0.384. The standard InChI is InChI=1S/C13H9Cl3N4O2/c1-7(8-2-3-10(15)12(4-8)20(21)22)18-19-13-11(16)5-9(14)6-17-13/h2-6H,1H3,(H,17,19)/b18-7+. The molecule has 0 bridgehead atoms. The second-order valence-electron chi connectivity index (χ2n) is 4.22. The smallest absolute Gasteiger partial charge is 0.260 e. The first-order chi connectivity index (χ1) is 10.4. The van der Waals surface area contributed by atoms with Crippen molar-refractivity contribution in [1.82, 2.24) is 4.98 Å². The van der Waals surface area contributed by atoms with Gasteiger partial charge >= 0.3 is 0 Å². The van der Waals surface area contributed by atoms with Crippen molar-refractivity contribution in [2.24, 2.45) is 5.10 Å². The molecule has 1 aromatic carbocycles. The van der Waals surface area contributed by atoms with Crippen LogP contribution in [0.25, 0.3) is 0 Å². The Morgan fingerprint density at radius 2 is 2.00 bits per heavy atom.